The Morgan fingerprint density at radius 3 is 2.35 bits per heavy atom. The van der Waals surface area contributed by atoms with Gasteiger partial charge in [-0.05, 0) is 54.8 Å². The number of anilines is 2. The van der Waals surface area contributed by atoms with Crippen molar-refractivity contribution < 1.29 is 0 Å². The summed E-state index contributed by atoms with van der Waals surface area (Å²) in [5.74, 6) is 0.702. The molecule has 0 saturated carbocycles. The average Bonchev–Trinajstić information content (AvgIpc) is 3.29. The Kier molecular flexibility index (Phi) is 4.62. The molecule has 0 fully saturated rings. The molecule has 0 N–H and O–H groups in total. The van der Waals surface area contributed by atoms with Crippen LogP contribution in [0.4, 0.5) is 11.6 Å². The van der Waals surface area contributed by atoms with Crippen LogP contribution >= 0.6 is 15.9 Å². The summed E-state index contributed by atoms with van der Waals surface area (Å²) in [5.41, 5.74) is 4.51. The molecule has 2 aromatic heterocycles. The Morgan fingerprint density at radius 1 is 1.00 bits per heavy atom. The first-order chi connectivity index (χ1) is 14.8. The van der Waals surface area contributed by atoms with E-state index in [9.17, 15) is 9.59 Å². The van der Waals surface area contributed by atoms with Gasteiger partial charge in [0.15, 0.2) is 11.2 Å². The maximum absolute atomic E-state index is 13.4. The van der Waals surface area contributed by atoms with Crippen LogP contribution in [0.5, 0.6) is 0 Å². The van der Waals surface area contributed by atoms with E-state index in [-0.39, 0.29) is 17.8 Å². The van der Waals surface area contributed by atoms with Gasteiger partial charge in [0.2, 0.25) is 5.95 Å². The third kappa shape index (κ3) is 3.22. The summed E-state index contributed by atoms with van der Waals surface area (Å²) in [7, 11) is 1.67. The van der Waals surface area contributed by atoms with Crippen molar-refractivity contribution in [1.29, 1.82) is 0 Å². The zero-order valence-corrected chi connectivity index (χ0v) is 19.2. The van der Waals surface area contributed by atoms with E-state index < -0.39 is 0 Å². The molecule has 0 saturated heterocycles. The molecule has 158 valence electrons. The highest BCUT2D eigenvalue weighted by Crippen LogP contribution is 2.32. The average molecular weight is 480 g/mol. The summed E-state index contributed by atoms with van der Waals surface area (Å²) >= 11 is 3.42. The van der Waals surface area contributed by atoms with Gasteiger partial charge in [-0.1, -0.05) is 34.1 Å². The molecule has 7 nitrogen and oxygen atoms in total. The van der Waals surface area contributed by atoms with Gasteiger partial charge in [-0.3, -0.25) is 13.9 Å². The van der Waals surface area contributed by atoms with Crippen LogP contribution in [0.25, 0.3) is 11.2 Å². The molecule has 0 atom stereocenters. The van der Waals surface area contributed by atoms with E-state index in [0.29, 0.717) is 23.7 Å². The van der Waals surface area contributed by atoms with Crippen molar-refractivity contribution in [2.24, 2.45) is 7.05 Å². The molecule has 8 heteroatoms. The van der Waals surface area contributed by atoms with Crippen LogP contribution < -0.4 is 16.1 Å². The van der Waals surface area contributed by atoms with E-state index in [0.717, 1.165) is 22.3 Å². The van der Waals surface area contributed by atoms with Gasteiger partial charge in [-0.25, -0.2) is 4.79 Å². The highest BCUT2D eigenvalue weighted by Gasteiger charge is 2.29. The fraction of sp³-hybridized carbons (Fsp3) is 0.261. The lowest BCUT2D eigenvalue weighted by atomic mass is 10.1. The Hall–Kier alpha value is -3.13. The number of hydrogen-bond acceptors (Lipinski definition) is 4. The fourth-order valence-electron chi connectivity index (χ4n) is 4.34. The second-order valence-electron chi connectivity index (χ2n) is 8.09. The van der Waals surface area contributed by atoms with E-state index in [1.54, 1.807) is 7.05 Å². The number of nitrogens with zero attached hydrogens (tertiary/aromatic N) is 5. The van der Waals surface area contributed by atoms with E-state index in [1.165, 1.54) is 20.3 Å². The van der Waals surface area contributed by atoms with Crippen LogP contribution in [0.3, 0.4) is 0 Å². The first-order valence-corrected chi connectivity index (χ1v) is 10.9. The molecule has 5 rings (SSSR count). The molecular formula is C23H22BrN5O2. The monoisotopic (exact) mass is 479 g/mol. The third-order valence-electron chi connectivity index (χ3n) is 5.77. The van der Waals surface area contributed by atoms with E-state index in [1.807, 2.05) is 28.8 Å². The summed E-state index contributed by atoms with van der Waals surface area (Å²) in [4.78, 5) is 33.2. The van der Waals surface area contributed by atoms with Gasteiger partial charge >= 0.3 is 5.69 Å². The van der Waals surface area contributed by atoms with Crippen LogP contribution in [0, 0.1) is 13.8 Å². The van der Waals surface area contributed by atoms with Crippen molar-refractivity contribution in [2.45, 2.75) is 26.9 Å². The Labute approximate surface area is 187 Å². The van der Waals surface area contributed by atoms with E-state index in [4.69, 9.17) is 4.98 Å². The lowest BCUT2D eigenvalue weighted by molar-refractivity contribution is 0.652. The molecule has 3 heterocycles. The third-order valence-corrected chi connectivity index (χ3v) is 6.30. The Morgan fingerprint density at radius 2 is 1.68 bits per heavy atom. The van der Waals surface area contributed by atoms with E-state index in [2.05, 4.69) is 52.9 Å². The predicted molar refractivity (Wildman–Crippen MR) is 125 cm³/mol. The Balaban J connectivity index is 1.67. The number of hydrogen-bond donors (Lipinski definition) is 0. The minimum Gasteiger partial charge on any atom is -0.310 e. The number of aromatic nitrogens is 4. The summed E-state index contributed by atoms with van der Waals surface area (Å²) < 4.78 is 5.65. The molecule has 4 aromatic rings. The zero-order chi connectivity index (χ0) is 21.9. The number of imidazole rings is 1. The topological polar surface area (TPSA) is 65.1 Å². The van der Waals surface area contributed by atoms with Crippen molar-refractivity contribution in [3.63, 3.8) is 0 Å². The SMILES string of the molecule is Cc1cc(C)cc(N2CCn3c2nc2c3c(=O)n(Cc3ccc(Br)cc3)c(=O)n2C)c1. The minimum atomic E-state index is -0.366. The van der Waals surface area contributed by atoms with E-state index >= 15 is 0 Å². The van der Waals surface area contributed by atoms with Crippen LogP contribution in [-0.4, -0.2) is 25.2 Å². The number of benzene rings is 2. The van der Waals surface area contributed by atoms with Crippen LogP contribution in [0.2, 0.25) is 0 Å². The molecule has 1 aliphatic heterocycles. The first kappa shape index (κ1) is 19.8. The number of fused-ring (bicyclic) bond motifs is 3. The molecule has 31 heavy (non-hydrogen) atoms. The second kappa shape index (κ2) is 7.23. The van der Waals surface area contributed by atoms with Gasteiger partial charge in [0.05, 0.1) is 6.54 Å². The smallest absolute Gasteiger partial charge is 0.310 e. The Bertz CT molecular complexity index is 1430. The van der Waals surface area contributed by atoms with Crippen molar-refractivity contribution in [3.8, 4) is 0 Å². The first-order valence-electron chi connectivity index (χ1n) is 10.1. The van der Waals surface area contributed by atoms with Crippen molar-refractivity contribution >= 4 is 38.7 Å². The summed E-state index contributed by atoms with van der Waals surface area (Å²) in [6, 6.07) is 14.0. The largest absolute Gasteiger partial charge is 0.332 e. The second-order valence-corrected chi connectivity index (χ2v) is 9.01. The highest BCUT2D eigenvalue weighted by atomic mass is 79.9. The van der Waals surface area contributed by atoms with Crippen LogP contribution in [0.1, 0.15) is 16.7 Å². The number of aryl methyl sites for hydroxylation is 3. The van der Waals surface area contributed by atoms with Crippen molar-refractivity contribution in [1.82, 2.24) is 18.7 Å². The molecule has 0 bridgehead atoms. The fourth-order valence-corrected chi connectivity index (χ4v) is 4.61. The highest BCUT2D eigenvalue weighted by molar-refractivity contribution is 9.10. The standard InChI is InChI=1S/C23H22BrN5O2/c1-14-10-15(2)12-18(11-14)27-8-9-28-19-20(25-22(27)28)26(3)23(31)29(21(19)30)13-16-4-6-17(24)7-5-16/h4-7,10-12H,8-9,13H2,1-3H3. The molecule has 0 radical (unpaired) electrons. The predicted octanol–water partition coefficient (Wildman–Crippen LogP) is 3.48. The molecule has 0 aliphatic carbocycles. The van der Waals surface area contributed by atoms with Crippen molar-refractivity contribution in [2.75, 3.05) is 11.4 Å². The molecule has 0 spiro atoms. The van der Waals surface area contributed by atoms with Crippen LogP contribution in [-0.2, 0) is 20.1 Å². The lowest BCUT2D eigenvalue weighted by Gasteiger charge is -2.17. The molecule has 0 amide bonds. The maximum atomic E-state index is 13.4. The summed E-state index contributed by atoms with van der Waals surface area (Å²) in [6.07, 6.45) is 0. The molecule has 2 aromatic carbocycles. The minimum absolute atomic E-state index is 0.218. The summed E-state index contributed by atoms with van der Waals surface area (Å²) in [5, 5.41) is 0. The van der Waals surface area contributed by atoms with Crippen molar-refractivity contribution in [3.05, 3.63) is 84.5 Å². The quantitative estimate of drug-likeness (QED) is 0.451. The van der Waals surface area contributed by atoms with Gasteiger partial charge in [-0.2, -0.15) is 4.98 Å². The van der Waals surface area contributed by atoms with Gasteiger partial charge < -0.3 is 9.47 Å². The van der Waals surface area contributed by atoms with Crippen LogP contribution in [0.15, 0.2) is 56.5 Å². The molecule has 1 aliphatic rings. The zero-order valence-electron chi connectivity index (χ0n) is 17.6. The normalized spacial score (nSPS) is 13.2. The molecular weight excluding hydrogens is 458 g/mol. The maximum Gasteiger partial charge on any atom is 0.332 e. The van der Waals surface area contributed by atoms with Gasteiger partial charge in [-0.15, -0.1) is 0 Å². The molecule has 0 unspecified atom stereocenters. The van der Waals surface area contributed by atoms with Gasteiger partial charge in [0, 0.05) is 30.3 Å². The number of halogens is 1. The van der Waals surface area contributed by atoms with Gasteiger partial charge in [0.1, 0.15) is 0 Å². The summed E-state index contributed by atoms with van der Waals surface area (Å²) in [6.45, 7) is 5.73. The van der Waals surface area contributed by atoms with Gasteiger partial charge in [0.25, 0.3) is 5.56 Å². The lowest BCUT2D eigenvalue weighted by Crippen LogP contribution is -2.40. The number of rotatable bonds is 3.